The molecule has 0 unspecified atom stereocenters. The molecule has 1 aliphatic rings. The van der Waals surface area contributed by atoms with Crippen LogP contribution in [0.25, 0.3) is 23.0 Å². The van der Waals surface area contributed by atoms with Crippen molar-refractivity contribution in [3.63, 3.8) is 0 Å². The number of nitrogens with one attached hydrogen (secondary N) is 1. The van der Waals surface area contributed by atoms with E-state index in [1.165, 1.54) is 11.8 Å². The summed E-state index contributed by atoms with van der Waals surface area (Å²) >= 11 is 6.36. The van der Waals surface area contributed by atoms with E-state index in [4.69, 9.17) is 22.1 Å². The van der Waals surface area contributed by atoms with Crippen LogP contribution in [0.5, 0.6) is 5.75 Å². The third-order valence-corrected chi connectivity index (χ3v) is 5.35. The highest BCUT2D eigenvalue weighted by atomic mass is 32.2. The average Bonchev–Trinajstić information content (AvgIpc) is 3.26. The Morgan fingerprint density at radius 2 is 1.86 bits per heavy atom. The lowest BCUT2D eigenvalue weighted by atomic mass is 10.1. The number of thioether (sulfide) groups is 1. The highest BCUT2D eigenvalue weighted by Crippen LogP contribution is 2.31. The van der Waals surface area contributed by atoms with Gasteiger partial charge in [0.05, 0.1) is 22.4 Å². The number of benzene rings is 2. The van der Waals surface area contributed by atoms with Crippen LogP contribution in [0.15, 0.2) is 65.7 Å². The molecule has 7 heteroatoms. The Bertz CT molecular complexity index is 1090. The van der Waals surface area contributed by atoms with Crippen LogP contribution in [-0.4, -0.2) is 26.1 Å². The third-order valence-electron chi connectivity index (χ3n) is 4.19. The maximum Gasteiger partial charge on any atom is 0.263 e. The van der Waals surface area contributed by atoms with Gasteiger partial charge < -0.3 is 10.1 Å². The SMILES string of the molecule is CC(C)Oc1ccc(-c2nn(-c3ccccc3)cc2/C=C2\SC(=S)NC2=O)cc1. The van der Waals surface area contributed by atoms with Crippen LogP contribution in [0, 0.1) is 0 Å². The van der Waals surface area contributed by atoms with Gasteiger partial charge >= 0.3 is 0 Å². The number of carbonyl (C=O) groups is 1. The van der Waals surface area contributed by atoms with Gasteiger partial charge in [-0.2, -0.15) is 5.10 Å². The normalized spacial score (nSPS) is 15.2. The molecule has 5 nitrogen and oxygen atoms in total. The molecule has 1 N–H and O–H groups in total. The highest BCUT2D eigenvalue weighted by Gasteiger charge is 2.23. The summed E-state index contributed by atoms with van der Waals surface area (Å²) in [5.41, 5.74) is 3.50. The van der Waals surface area contributed by atoms with Gasteiger partial charge in [0.1, 0.15) is 10.1 Å². The number of rotatable bonds is 5. The zero-order valence-corrected chi connectivity index (χ0v) is 17.6. The molecule has 29 heavy (non-hydrogen) atoms. The van der Waals surface area contributed by atoms with E-state index in [9.17, 15) is 4.79 Å². The first-order valence-corrected chi connectivity index (χ1v) is 10.4. The lowest BCUT2D eigenvalue weighted by molar-refractivity contribution is -0.115. The first-order valence-electron chi connectivity index (χ1n) is 9.16. The van der Waals surface area contributed by atoms with Crippen molar-refractivity contribution < 1.29 is 9.53 Å². The summed E-state index contributed by atoms with van der Waals surface area (Å²) in [4.78, 5) is 12.7. The number of hydrogen-bond acceptors (Lipinski definition) is 5. The highest BCUT2D eigenvalue weighted by molar-refractivity contribution is 8.26. The summed E-state index contributed by atoms with van der Waals surface area (Å²) in [5.74, 6) is 0.626. The lowest BCUT2D eigenvalue weighted by Gasteiger charge is -2.09. The molecule has 3 aromatic rings. The van der Waals surface area contributed by atoms with Crippen molar-refractivity contribution in [3.05, 3.63) is 71.3 Å². The smallest absolute Gasteiger partial charge is 0.263 e. The fourth-order valence-electron chi connectivity index (χ4n) is 2.96. The van der Waals surface area contributed by atoms with E-state index >= 15 is 0 Å². The number of hydrogen-bond donors (Lipinski definition) is 1. The molecule has 2 heterocycles. The van der Waals surface area contributed by atoms with Crippen LogP contribution in [-0.2, 0) is 4.79 Å². The fourth-order valence-corrected chi connectivity index (χ4v) is 3.99. The molecule has 0 aliphatic carbocycles. The van der Waals surface area contributed by atoms with Gasteiger partial charge in [0.25, 0.3) is 5.91 Å². The Balaban J connectivity index is 1.77. The first kappa shape index (κ1) is 19.4. The van der Waals surface area contributed by atoms with Gasteiger partial charge in [-0.15, -0.1) is 0 Å². The monoisotopic (exact) mass is 421 g/mol. The second kappa shape index (κ2) is 8.23. The van der Waals surface area contributed by atoms with Gasteiger partial charge in [-0.05, 0) is 56.3 Å². The number of amides is 1. The number of thiocarbonyl (C=S) groups is 1. The maximum atomic E-state index is 12.1. The second-order valence-electron chi connectivity index (χ2n) is 6.76. The predicted octanol–water partition coefficient (Wildman–Crippen LogP) is 4.82. The van der Waals surface area contributed by atoms with Crippen LogP contribution in [0.4, 0.5) is 0 Å². The molecule has 1 aromatic heterocycles. The fraction of sp³-hybridized carbons (Fsp3) is 0.136. The Morgan fingerprint density at radius 1 is 1.14 bits per heavy atom. The number of nitrogens with zero attached hydrogens (tertiary/aromatic N) is 2. The zero-order valence-electron chi connectivity index (χ0n) is 16.0. The molecule has 4 rings (SSSR count). The van der Waals surface area contributed by atoms with E-state index in [1.54, 1.807) is 0 Å². The molecular formula is C22H19N3O2S2. The molecule has 0 radical (unpaired) electrons. The van der Waals surface area contributed by atoms with E-state index < -0.39 is 0 Å². The summed E-state index contributed by atoms with van der Waals surface area (Å²) in [5, 5.41) is 7.44. The van der Waals surface area contributed by atoms with E-state index in [2.05, 4.69) is 5.32 Å². The lowest BCUT2D eigenvalue weighted by Crippen LogP contribution is -2.17. The molecule has 1 fully saturated rings. The molecule has 0 saturated carbocycles. The Labute approximate surface area is 178 Å². The summed E-state index contributed by atoms with van der Waals surface area (Å²) in [7, 11) is 0. The van der Waals surface area contributed by atoms with Gasteiger partial charge in [0.15, 0.2) is 0 Å². The van der Waals surface area contributed by atoms with E-state index in [0.29, 0.717) is 9.23 Å². The minimum atomic E-state index is -0.181. The van der Waals surface area contributed by atoms with Gasteiger partial charge in [-0.25, -0.2) is 4.68 Å². The minimum Gasteiger partial charge on any atom is -0.491 e. The molecular weight excluding hydrogens is 402 g/mol. The number of aromatic nitrogens is 2. The largest absolute Gasteiger partial charge is 0.491 e. The van der Waals surface area contributed by atoms with Crippen LogP contribution < -0.4 is 10.1 Å². The molecule has 146 valence electrons. The third kappa shape index (κ3) is 4.41. The predicted molar refractivity (Wildman–Crippen MR) is 121 cm³/mol. The van der Waals surface area contributed by atoms with Crippen LogP contribution in [0.3, 0.4) is 0 Å². The van der Waals surface area contributed by atoms with Crippen molar-refractivity contribution in [3.8, 4) is 22.7 Å². The van der Waals surface area contributed by atoms with Crippen LogP contribution >= 0.6 is 24.0 Å². The summed E-state index contributed by atoms with van der Waals surface area (Å²) in [6, 6.07) is 17.7. The van der Waals surface area contributed by atoms with Crippen molar-refractivity contribution in [2.75, 3.05) is 0 Å². The average molecular weight is 422 g/mol. The van der Waals surface area contributed by atoms with Crippen molar-refractivity contribution in [2.24, 2.45) is 0 Å². The zero-order chi connectivity index (χ0) is 20.4. The topological polar surface area (TPSA) is 56.1 Å². The van der Waals surface area contributed by atoms with Crippen LogP contribution in [0.2, 0.25) is 0 Å². The molecule has 0 atom stereocenters. The first-order chi connectivity index (χ1) is 14.0. The van der Waals surface area contributed by atoms with Gasteiger partial charge in [-0.1, -0.05) is 42.2 Å². The molecule has 1 amide bonds. The Kier molecular flexibility index (Phi) is 5.51. The minimum absolute atomic E-state index is 0.111. The van der Waals surface area contributed by atoms with Gasteiger partial charge in [-0.3, -0.25) is 4.79 Å². The van der Waals surface area contributed by atoms with Gasteiger partial charge in [0.2, 0.25) is 0 Å². The number of para-hydroxylation sites is 1. The standard InChI is InChI=1S/C22H19N3O2S2/c1-14(2)27-18-10-8-15(9-11-18)20-16(12-19-21(26)23-22(28)29-19)13-25(24-20)17-6-4-3-5-7-17/h3-14H,1-2H3,(H,23,26,28)/b19-12-. The van der Waals surface area contributed by atoms with E-state index in [-0.39, 0.29) is 12.0 Å². The molecule has 2 aromatic carbocycles. The van der Waals surface area contributed by atoms with Crippen molar-refractivity contribution in [1.29, 1.82) is 0 Å². The van der Waals surface area contributed by atoms with Crippen molar-refractivity contribution >= 4 is 40.3 Å². The van der Waals surface area contributed by atoms with Gasteiger partial charge in [0, 0.05) is 17.3 Å². The van der Waals surface area contributed by atoms with Crippen molar-refractivity contribution in [2.45, 2.75) is 20.0 Å². The van der Waals surface area contributed by atoms with E-state index in [1.807, 2.05) is 85.4 Å². The summed E-state index contributed by atoms with van der Waals surface area (Å²) in [6.07, 6.45) is 3.87. The molecule has 0 bridgehead atoms. The summed E-state index contributed by atoms with van der Waals surface area (Å²) < 4.78 is 8.02. The van der Waals surface area contributed by atoms with E-state index in [0.717, 1.165) is 28.3 Å². The molecule has 1 saturated heterocycles. The van der Waals surface area contributed by atoms with Crippen LogP contribution in [0.1, 0.15) is 19.4 Å². The van der Waals surface area contributed by atoms with Crippen molar-refractivity contribution in [1.82, 2.24) is 15.1 Å². The Morgan fingerprint density at radius 3 is 2.48 bits per heavy atom. The molecule has 0 spiro atoms. The maximum absolute atomic E-state index is 12.1. The molecule has 1 aliphatic heterocycles. The second-order valence-corrected chi connectivity index (χ2v) is 8.48. The number of ether oxygens (including phenoxy) is 1. The Hall–Kier alpha value is -2.90. The summed E-state index contributed by atoms with van der Waals surface area (Å²) in [6.45, 7) is 3.99. The quantitative estimate of drug-likeness (QED) is 0.473. The number of carbonyl (C=O) groups excluding carboxylic acids is 1.